The maximum atomic E-state index is 10.7. The molecule has 0 atom stereocenters. The van der Waals surface area contributed by atoms with Gasteiger partial charge in [0.15, 0.2) is 5.41 Å². The summed E-state index contributed by atoms with van der Waals surface area (Å²) in [5, 5.41) is 17.6. The van der Waals surface area contributed by atoms with Crippen LogP contribution in [0.1, 0.15) is 33.5 Å². The molecule has 0 aliphatic heterocycles. The molecule has 0 spiro atoms. The molecule has 0 unspecified atom stereocenters. The Hall–Kier alpha value is -0.0600. The summed E-state index contributed by atoms with van der Waals surface area (Å²) in [5.74, 6) is -2.37. The summed E-state index contributed by atoms with van der Waals surface area (Å²) in [7, 11) is 0. The number of hydrogen-bond acceptors (Lipinski definition) is 2. The second-order valence-electron chi connectivity index (χ2n) is 3.25. The van der Waals surface area contributed by atoms with Crippen LogP contribution in [0, 0.1) is 5.41 Å². The Kier molecular flexibility index (Phi) is 4.96. The van der Waals surface area contributed by atoms with Crippen molar-refractivity contribution in [3.8, 4) is 0 Å². The zero-order chi connectivity index (χ0) is 9.19. The molecule has 1 aliphatic carbocycles. The smallest absolute Gasteiger partial charge is 1.00 e. The van der Waals surface area contributed by atoms with E-state index < -0.39 is 17.4 Å². The molecular weight excluding hydrogens is 183 g/mol. The molecule has 2 N–H and O–H groups in total. The van der Waals surface area contributed by atoms with Gasteiger partial charge in [-0.25, -0.2) is 0 Å². The monoisotopic (exact) mass is 196 g/mol. The van der Waals surface area contributed by atoms with Gasteiger partial charge in [0.1, 0.15) is 0 Å². The zero-order valence-electron chi connectivity index (χ0n) is 8.75. The molecule has 5 heteroatoms. The normalized spacial score (nSPS) is 20.0. The number of hydrogen-bond donors (Lipinski definition) is 2. The third-order valence-electron chi connectivity index (χ3n) is 2.53. The van der Waals surface area contributed by atoms with Crippen LogP contribution in [-0.2, 0) is 9.59 Å². The van der Waals surface area contributed by atoms with E-state index in [2.05, 4.69) is 0 Å². The molecule has 0 heterocycles. The standard InChI is InChI=1S/C8H12O4.Na.H/c9-6(10)8(7(11)12)4-2-1-3-5-8;;/h1-5H2,(H,9,10)(H,11,12);;/q;+1;-1. The van der Waals surface area contributed by atoms with Gasteiger partial charge in [-0.2, -0.15) is 0 Å². The van der Waals surface area contributed by atoms with Crippen LogP contribution in [0.3, 0.4) is 0 Å². The quantitative estimate of drug-likeness (QED) is 0.404. The van der Waals surface area contributed by atoms with Crippen LogP contribution in [0.15, 0.2) is 0 Å². The van der Waals surface area contributed by atoms with Gasteiger partial charge in [0.05, 0.1) is 0 Å². The summed E-state index contributed by atoms with van der Waals surface area (Å²) < 4.78 is 0. The molecule has 0 bridgehead atoms. The number of carboxylic acid groups (broad SMARTS) is 2. The fraction of sp³-hybridized carbons (Fsp3) is 0.750. The fourth-order valence-electron chi connectivity index (χ4n) is 1.67. The molecule has 4 nitrogen and oxygen atoms in total. The van der Waals surface area contributed by atoms with Crippen LogP contribution < -0.4 is 29.6 Å². The Morgan fingerprint density at radius 3 is 1.62 bits per heavy atom. The van der Waals surface area contributed by atoms with Crippen LogP contribution >= 0.6 is 0 Å². The molecule has 1 aliphatic rings. The molecule has 0 radical (unpaired) electrons. The van der Waals surface area contributed by atoms with Gasteiger partial charge in [-0.15, -0.1) is 0 Å². The van der Waals surface area contributed by atoms with E-state index in [1.165, 1.54) is 0 Å². The molecule has 1 fully saturated rings. The maximum absolute atomic E-state index is 10.7. The van der Waals surface area contributed by atoms with E-state index in [-0.39, 0.29) is 43.8 Å². The molecule has 70 valence electrons. The minimum atomic E-state index is -1.49. The second-order valence-corrected chi connectivity index (χ2v) is 3.25. The maximum Gasteiger partial charge on any atom is 1.00 e. The van der Waals surface area contributed by atoms with E-state index in [9.17, 15) is 9.59 Å². The second kappa shape index (κ2) is 4.98. The molecule has 0 aromatic rings. The first-order chi connectivity index (χ1) is 5.59. The van der Waals surface area contributed by atoms with E-state index in [4.69, 9.17) is 10.2 Å². The first-order valence-electron chi connectivity index (χ1n) is 4.06. The topological polar surface area (TPSA) is 74.6 Å². The third-order valence-corrected chi connectivity index (χ3v) is 2.53. The van der Waals surface area contributed by atoms with Crippen LogP contribution in [-0.4, -0.2) is 22.2 Å². The molecule has 0 amide bonds. The number of aliphatic carboxylic acids is 2. The largest absolute Gasteiger partial charge is 1.00 e. The molecule has 1 rings (SSSR count). The van der Waals surface area contributed by atoms with Gasteiger partial charge in [0.25, 0.3) is 0 Å². The number of carboxylic acids is 2. The van der Waals surface area contributed by atoms with Crippen LogP contribution in [0.25, 0.3) is 0 Å². The van der Waals surface area contributed by atoms with Gasteiger partial charge >= 0.3 is 41.5 Å². The predicted molar refractivity (Wildman–Crippen MR) is 41.9 cm³/mol. The first-order valence-corrected chi connectivity index (χ1v) is 4.06. The summed E-state index contributed by atoms with van der Waals surface area (Å²) in [4.78, 5) is 21.5. The van der Waals surface area contributed by atoms with E-state index in [1.807, 2.05) is 0 Å². The molecule has 0 aromatic carbocycles. The van der Waals surface area contributed by atoms with Crippen molar-refractivity contribution >= 4 is 11.9 Å². The van der Waals surface area contributed by atoms with E-state index in [1.54, 1.807) is 0 Å². The SMILES string of the molecule is O=C(O)C1(C(=O)O)CCCCC1.[H-].[Na+]. The molecule has 0 saturated heterocycles. The Balaban J connectivity index is 0. The van der Waals surface area contributed by atoms with Gasteiger partial charge < -0.3 is 11.6 Å². The molecule has 13 heavy (non-hydrogen) atoms. The van der Waals surface area contributed by atoms with E-state index in [0.717, 1.165) is 6.42 Å². The number of rotatable bonds is 2. The van der Waals surface area contributed by atoms with Crippen LogP contribution in [0.4, 0.5) is 0 Å². The van der Waals surface area contributed by atoms with Crippen molar-refractivity contribution in [1.29, 1.82) is 0 Å². The summed E-state index contributed by atoms with van der Waals surface area (Å²) in [6.07, 6.45) is 2.91. The average molecular weight is 196 g/mol. The summed E-state index contributed by atoms with van der Waals surface area (Å²) in [6, 6.07) is 0. The first kappa shape index (κ1) is 12.9. The van der Waals surface area contributed by atoms with Gasteiger partial charge in [-0.3, -0.25) is 9.59 Å². The summed E-state index contributed by atoms with van der Waals surface area (Å²) in [6.45, 7) is 0. The third kappa shape index (κ3) is 2.45. The van der Waals surface area contributed by atoms with Gasteiger partial charge in [0, 0.05) is 0 Å². The van der Waals surface area contributed by atoms with Crippen LogP contribution in [0.5, 0.6) is 0 Å². The van der Waals surface area contributed by atoms with Gasteiger partial charge in [-0.05, 0) is 12.8 Å². The Morgan fingerprint density at radius 1 is 1.00 bits per heavy atom. The number of carbonyl (C=O) groups is 2. The van der Waals surface area contributed by atoms with Crippen molar-refractivity contribution in [2.75, 3.05) is 0 Å². The van der Waals surface area contributed by atoms with Crippen molar-refractivity contribution in [1.82, 2.24) is 0 Å². The van der Waals surface area contributed by atoms with Crippen molar-refractivity contribution in [2.45, 2.75) is 32.1 Å². The van der Waals surface area contributed by atoms with E-state index >= 15 is 0 Å². The van der Waals surface area contributed by atoms with Crippen molar-refractivity contribution in [2.24, 2.45) is 5.41 Å². The predicted octanol–water partition coefficient (Wildman–Crippen LogP) is -1.78. The zero-order valence-corrected chi connectivity index (χ0v) is 9.75. The minimum Gasteiger partial charge on any atom is -1.00 e. The Labute approximate surface area is 100 Å². The average Bonchev–Trinajstić information content (AvgIpc) is 2.05. The molecule has 1 saturated carbocycles. The van der Waals surface area contributed by atoms with E-state index in [0.29, 0.717) is 12.8 Å². The molecule has 0 aromatic heterocycles. The van der Waals surface area contributed by atoms with Gasteiger partial charge in [-0.1, -0.05) is 19.3 Å². The van der Waals surface area contributed by atoms with Crippen molar-refractivity contribution in [3.05, 3.63) is 0 Å². The van der Waals surface area contributed by atoms with Crippen molar-refractivity contribution in [3.63, 3.8) is 0 Å². The Morgan fingerprint density at radius 2 is 1.38 bits per heavy atom. The minimum absolute atomic E-state index is 0. The fourth-order valence-corrected chi connectivity index (χ4v) is 1.67. The van der Waals surface area contributed by atoms with Gasteiger partial charge in [0.2, 0.25) is 0 Å². The van der Waals surface area contributed by atoms with Crippen LogP contribution in [0.2, 0.25) is 0 Å². The Bertz CT molecular complexity index is 197. The summed E-state index contributed by atoms with van der Waals surface area (Å²) in [5.41, 5.74) is -1.49. The summed E-state index contributed by atoms with van der Waals surface area (Å²) >= 11 is 0. The van der Waals surface area contributed by atoms with Crippen molar-refractivity contribution < 1.29 is 50.8 Å². The molecular formula is C8H13NaO4.